The third-order valence-corrected chi connectivity index (χ3v) is 3.25. The van der Waals surface area contributed by atoms with Gasteiger partial charge in [-0.1, -0.05) is 12.8 Å². The predicted octanol–water partition coefficient (Wildman–Crippen LogP) is 0.879. The third kappa shape index (κ3) is 4.10. The van der Waals surface area contributed by atoms with Gasteiger partial charge in [-0.2, -0.15) is 0 Å². The summed E-state index contributed by atoms with van der Waals surface area (Å²) in [5.74, 6) is 0.212. The van der Waals surface area contributed by atoms with Gasteiger partial charge in [0.1, 0.15) is 0 Å². The van der Waals surface area contributed by atoms with Crippen LogP contribution in [0.1, 0.15) is 44.9 Å². The highest BCUT2D eigenvalue weighted by molar-refractivity contribution is 5.76. The van der Waals surface area contributed by atoms with Crippen LogP contribution in [0, 0.1) is 0 Å². The number of carbonyl (C=O) groups excluding carboxylic acids is 1. The number of hydrogen-bond acceptors (Lipinski definition) is 3. The topological polar surface area (TPSA) is 66.6 Å². The number of carbonyl (C=O) groups is 1. The van der Waals surface area contributed by atoms with E-state index in [1.807, 2.05) is 4.90 Å². The summed E-state index contributed by atoms with van der Waals surface area (Å²) in [6, 6.07) is 0.0801. The van der Waals surface area contributed by atoms with E-state index in [1.165, 1.54) is 0 Å². The fourth-order valence-corrected chi connectivity index (χ4v) is 2.27. The molecule has 1 rings (SSSR count). The largest absolute Gasteiger partial charge is 0.394 e. The Labute approximate surface area is 97.8 Å². The Morgan fingerprint density at radius 1 is 1.31 bits per heavy atom. The lowest BCUT2D eigenvalue weighted by Crippen LogP contribution is -2.37. The van der Waals surface area contributed by atoms with Crippen LogP contribution < -0.4 is 5.73 Å². The van der Waals surface area contributed by atoms with Crippen molar-refractivity contribution in [1.82, 2.24) is 4.90 Å². The van der Waals surface area contributed by atoms with E-state index in [0.29, 0.717) is 6.42 Å². The number of rotatable bonds is 7. The molecule has 3 N–H and O–H groups in total. The molecular weight excluding hydrogens is 204 g/mol. The summed E-state index contributed by atoms with van der Waals surface area (Å²) in [6.45, 7) is 1.68. The molecule has 16 heavy (non-hydrogen) atoms. The van der Waals surface area contributed by atoms with Crippen molar-refractivity contribution in [2.45, 2.75) is 51.0 Å². The van der Waals surface area contributed by atoms with Crippen molar-refractivity contribution in [3.05, 3.63) is 0 Å². The zero-order valence-corrected chi connectivity index (χ0v) is 10.0. The van der Waals surface area contributed by atoms with Gasteiger partial charge in [-0.25, -0.2) is 0 Å². The molecule has 1 aliphatic rings. The Morgan fingerprint density at radius 3 is 2.75 bits per heavy atom. The van der Waals surface area contributed by atoms with Crippen LogP contribution in [0.4, 0.5) is 0 Å². The van der Waals surface area contributed by atoms with Gasteiger partial charge in [-0.3, -0.25) is 4.79 Å². The van der Waals surface area contributed by atoms with Crippen molar-refractivity contribution in [3.63, 3.8) is 0 Å². The van der Waals surface area contributed by atoms with E-state index >= 15 is 0 Å². The van der Waals surface area contributed by atoms with E-state index in [9.17, 15) is 4.79 Å². The summed E-state index contributed by atoms with van der Waals surface area (Å²) in [4.78, 5) is 13.7. The molecule has 1 atom stereocenters. The van der Waals surface area contributed by atoms with Gasteiger partial charge < -0.3 is 15.7 Å². The van der Waals surface area contributed by atoms with Gasteiger partial charge >= 0.3 is 0 Å². The molecule has 0 aromatic carbocycles. The molecule has 1 saturated heterocycles. The van der Waals surface area contributed by atoms with Gasteiger partial charge in [-0.05, 0) is 32.2 Å². The molecule has 94 valence electrons. The zero-order valence-electron chi connectivity index (χ0n) is 10.0. The molecule has 4 nitrogen and oxygen atoms in total. The molecule has 0 unspecified atom stereocenters. The van der Waals surface area contributed by atoms with Crippen molar-refractivity contribution in [3.8, 4) is 0 Å². The molecule has 0 spiro atoms. The second-order valence-corrected chi connectivity index (χ2v) is 4.52. The zero-order chi connectivity index (χ0) is 11.8. The van der Waals surface area contributed by atoms with Crippen LogP contribution in [-0.4, -0.2) is 41.7 Å². The average Bonchev–Trinajstić information content (AvgIpc) is 2.76. The Bertz CT molecular complexity index is 209. The first-order valence-corrected chi connectivity index (χ1v) is 6.40. The maximum atomic E-state index is 11.8. The smallest absolute Gasteiger partial charge is 0.222 e. The number of hydrogen-bond donors (Lipinski definition) is 2. The highest BCUT2D eigenvalue weighted by Crippen LogP contribution is 2.18. The highest BCUT2D eigenvalue weighted by atomic mass is 16.3. The summed E-state index contributed by atoms with van der Waals surface area (Å²) in [6.07, 6.45) is 6.82. The van der Waals surface area contributed by atoms with Gasteiger partial charge in [0.05, 0.1) is 12.6 Å². The summed E-state index contributed by atoms with van der Waals surface area (Å²) in [7, 11) is 0. The Balaban J connectivity index is 2.14. The number of aliphatic hydroxyl groups excluding tert-OH is 1. The van der Waals surface area contributed by atoms with Crippen LogP contribution in [0.15, 0.2) is 0 Å². The van der Waals surface area contributed by atoms with Crippen LogP contribution >= 0.6 is 0 Å². The summed E-state index contributed by atoms with van der Waals surface area (Å²) < 4.78 is 0. The first-order chi connectivity index (χ1) is 7.79. The minimum atomic E-state index is 0.0801. The quantitative estimate of drug-likeness (QED) is 0.636. The lowest BCUT2D eigenvalue weighted by Gasteiger charge is -2.22. The number of aliphatic hydroxyl groups is 1. The third-order valence-electron chi connectivity index (χ3n) is 3.25. The fraction of sp³-hybridized carbons (Fsp3) is 0.917. The maximum Gasteiger partial charge on any atom is 0.222 e. The minimum absolute atomic E-state index is 0.0801. The molecular formula is C12H24N2O2. The number of likely N-dealkylation sites (tertiary alicyclic amines) is 1. The van der Waals surface area contributed by atoms with Crippen molar-refractivity contribution >= 4 is 5.91 Å². The van der Waals surface area contributed by atoms with E-state index < -0.39 is 0 Å². The predicted molar refractivity (Wildman–Crippen MR) is 64.0 cm³/mol. The van der Waals surface area contributed by atoms with Crippen molar-refractivity contribution in [2.24, 2.45) is 5.73 Å². The van der Waals surface area contributed by atoms with Crippen molar-refractivity contribution in [1.29, 1.82) is 0 Å². The SMILES string of the molecule is NCCCCCCC(=O)N1CCC[C@@H]1CO. The second kappa shape index (κ2) is 7.63. The Hall–Kier alpha value is -0.610. The van der Waals surface area contributed by atoms with Crippen LogP contribution in [0.5, 0.6) is 0 Å². The maximum absolute atomic E-state index is 11.8. The Morgan fingerprint density at radius 2 is 2.06 bits per heavy atom. The highest BCUT2D eigenvalue weighted by Gasteiger charge is 2.27. The molecule has 1 fully saturated rings. The van der Waals surface area contributed by atoms with Crippen LogP contribution in [0.2, 0.25) is 0 Å². The van der Waals surface area contributed by atoms with Crippen LogP contribution in [0.25, 0.3) is 0 Å². The first kappa shape index (κ1) is 13.5. The molecule has 1 aliphatic heterocycles. The standard InChI is InChI=1S/C12H24N2O2/c13-8-4-2-1-3-7-12(16)14-9-5-6-11(14)10-15/h11,15H,1-10,13H2/t11-/m1/s1. The van der Waals surface area contributed by atoms with E-state index in [-0.39, 0.29) is 18.6 Å². The number of unbranched alkanes of at least 4 members (excludes halogenated alkanes) is 3. The molecule has 0 aliphatic carbocycles. The number of amides is 1. The van der Waals surface area contributed by atoms with Crippen molar-refractivity contribution in [2.75, 3.05) is 19.7 Å². The number of nitrogens with two attached hydrogens (primary N) is 1. The van der Waals surface area contributed by atoms with Gasteiger partial charge in [0.15, 0.2) is 0 Å². The molecule has 1 heterocycles. The van der Waals surface area contributed by atoms with Gasteiger partial charge in [0.2, 0.25) is 5.91 Å². The molecule has 1 amide bonds. The summed E-state index contributed by atoms with van der Waals surface area (Å²) in [5, 5.41) is 9.12. The van der Waals surface area contributed by atoms with Gasteiger partial charge in [-0.15, -0.1) is 0 Å². The second-order valence-electron chi connectivity index (χ2n) is 4.52. The van der Waals surface area contributed by atoms with Crippen molar-refractivity contribution < 1.29 is 9.90 Å². The van der Waals surface area contributed by atoms with E-state index in [0.717, 1.165) is 51.6 Å². The molecule has 0 bridgehead atoms. The van der Waals surface area contributed by atoms with Gasteiger partial charge in [0, 0.05) is 13.0 Å². The monoisotopic (exact) mass is 228 g/mol. The average molecular weight is 228 g/mol. The number of nitrogens with zero attached hydrogens (tertiary/aromatic N) is 1. The molecule has 0 saturated carbocycles. The fourth-order valence-electron chi connectivity index (χ4n) is 2.27. The van der Waals surface area contributed by atoms with E-state index in [1.54, 1.807) is 0 Å². The van der Waals surface area contributed by atoms with Crippen LogP contribution in [0.3, 0.4) is 0 Å². The minimum Gasteiger partial charge on any atom is -0.394 e. The molecule has 4 heteroatoms. The van der Waals surface area contributed by atoms with Gasteiger partial charge in [0.25, 0.3) is 0 Å². The lowest BCUT2D eigenvalue weighted by atomic mass is 10.1. The first-order valence-electron chi connectivity index (χ1n) is 6.40. The molecule has 0 radical (unpaired) electrons. The molecule has 0 aromatic heterocycles. The lowest BCUT2D eigenvalue weighted by molar-refractivity contribution is -0.132. The molecule has 0 aromatic rings. The Kier molecular flexibility index (Phi) is 6.42. The normalized spacial score (nSPS) is 20.4. The van der Waals surface area contributed by atoms with Crippen LogP contribution in [-0.2, 0) is 4.79 Å². The van der Waals surface area contributed by atoms with E-state index in [4.69, 9.17) is 10.8 Å². The van der Waals surface area contributed by atoms with E-state index in [2.05, 4.69) is 0 Å². The summed E-state index contributed by atoms with van der Waals surface area (Å²) >= 11 is 0. The summed E-state index contributed by atoms with van der Waals surface area (Å²) in [5.41, 5.74) is 5.40.